The Hall–Kier alpha value is -3.49. The molecule has 0 aliphatic carbocycles. The molecule has 2 N–H and O–H groups in total. The molecule has 0 saturated carbocycles. The summed E-state index contributed by atoms with van der Waals surface area (Å²) in [6.07, 6.45) is 2.50. The molecule has 4 aromatic rings. The predicted molar refractivity (Wildman–Crippen MR) is 126 cm³/mol. The Kier molecular flexibility index (Phi) is 5.24. The summed E-state index contributed by atoms with van der Waals surface area (Å²) in [6, 6.07) is 11.6. The van der Waals surface area contributed by atoms with Crippen molar-refractivity contribution in [2.75, 3.05) is 31.2 Å². The first-order chi connectivity index (χ1) is 15.6. The Balaban J connectivity index is 1.80. The monoisotopic (exact) mass is 448 g/mol. The second-order valence-corrected chi connectivity index (χ2v) is 7.89. The van der Waals surface area contributed by atoms with E-state index in [9.17, 15) is 0 Å². The molecule has 3 heterocycles. The van der Waals surface area contributed by atoms with Crippen LogP contribution in [0.25, 0.3) is 27.6 Å². The maximum atomic E-state index is 8.37. The van der Waals surface area contributed by atoms with Crippen molar-refractivity contribution in [1.82, 2.24) is 14.5 Å². The lowest BCUT2D eigenvalue weighted by Crippen LogP contribution is -2.36. The van der Waals surface area contributed by atoms with Crippen LogP contribution in [0.3, 0.4) is 0 Å². The molecule has 2 aromatic heterocycles. The number of imidazole rings is 1. The van der Waals surface area contributed by atoms with Crippen LogP contribution in [0.2, 0.25) is 5.02 Å². The standard InChI is InChI=1S/C23H21ClN6O2/c1-14-28-22-17(23(26)32-13-25)11-15(29-7-9-31-10-8-29)12-20(22)30(14)19-5-6-27-21-16(19)3-2-4-18(21)24/h2-6,11-13,25-26H,7-10H2,1H3. The number of hydrogen-bond acceptors (Lipinski definition) is 7. The van der Waals surface area contributed by atoms with Crippen LogP contribution < -0.4 is 4.90 Å². The third-order valence-corrected chi connectivity index (χ3v) is 5.95. The van der Waals surface area contributed by atoms with Gasteiger partial charge in [0, 0.05) is 30.4 Å². The SMILES string of the molecule is Cc1nc2c(C(=N)OC=N)cc(N3CCOCC3)cc2n1-c1ccnc2c(Cl)cccc12. The zero-order valence-corrected chi connectivity index (χ0v) is 18.2. The van der Waals surface area contributed by atoms with Crippen LogP contribution >= 0.6 is 11.6 Å². The topological polar surface area (TPSA) is 100 Å². The molecule has 0 amide bonds. The van der Waals surface area contributed by atoms with Crippen LogP contribution in [-0.4, -0.2) is 53.1 Å². The fourth-order valence-corrected chi connectivity index (χ4v) is 4.43. The Labute approximate surface area is 189 Å². The molecule has 0 bridgehead atoms. The quantitative estimate of drug-likeness (QED) is 0.357. The summed E-state index contributed by atoms with van der Waals surface area (Å²) in [7, 11) is 0. The van der Waals surface area contributed by atoms with Gasteiger partial charge in [-0.1, -0.05) is 23.7 Å². The number of nitrogens with zero attached hydrogens (tertiary/aromatic N) is 4. The zero-order chi connectivity index (χ0) is 22.2. The Morgan fingerprint density at radius 2 is 2.00 bits per heavy atom. The van der Waals surface area contributed by atoms with E-state index in [1.165, 1.54) is 0 Å². The van der Waals surface area contributed by atoms with Crippen molar-refractivity contribution in [1.29, 1.82) is 10.8 Å². The molecule has 1 fully saturated rings. The first-order valence-electron chi connectivity index (χ1n) is 10.2. The minimum absolute atomic E-state index is 0.118. The van der Waals surface area contributed by atoms with Crippen LogP contribution in [0.4, 0.5) is 5.69 Å². The fourth-order valence-electron chi connectivity index (χ4n) is 4.20. The molecule has 8 nitrogen and oxygen atoms in total. The molecule has 1 aliphatic heterocycles. The second kappa shape index (κ2) is 8.22. The summed E-state index contributed by atoms with van der Waals surface area (Å²) < 4.78 is 12.7. The first-order valence-corrected chi connectivity index (χ1v) is 10.6. The van der Waals surface area contributed by atoms with E-state index < -0.39 is 0 Å². The highest BCUT2D eigenvalue weighted by atomic mass is 35.5. The smallest absolute Gasteiger partial charge is 0.222 e. The normalized spacial score (nSPS) is 14.1. The average molecular weight is 449 g/mol. The summed E-state index contributed by atoms with van der Waals surface area (Å²) >= 11 is 6.40. The van der Waals surface area contributed by atoms with E-state index in [1.807, 2.05) is 37.3 Å². The van der Waals surface area contributed by atoms with Gasteiger partial charge in [-0.25, -0.2) is 4.98 Å². The van der Waals surface area contributed by atoms with Crippen LogP contribution in [0.5, 0.6) is 0 Å². The van der Waals surface area contributed by atoms with Crippen molar-refractivity contribution in [3.63, 3.8) is 0 Å². The van der Waals surface area contributed by atoms with Crippen molar-refractivity contribution >= 4 is 51.5 Å². The van der Waals surface area contributed by atoms with Gasteiger partial charge in [0.2, 0.25) is 5.90 Å². The molecule has 9 heteroatoms. The number of aryl methyl sites for hydroxylation is 1. The molecule has 0 radical (unpaired) electrons. The third kappa shape index (κ3) is 3.37. The second-order valence-electron chi connectivity index (χ2n) is 7.49. The van der Waals surface area contributed by atoms with Gasteiger partial charge in [0.25, 0.3) is 0 Å². The maximum absolute atomic E-state index is 8.37. The van der Waals surface area contributed by atoms with E-state index in [1.54, 1.807) is 6.20 Å². The zero-order valence-electron chi connectivity index (χ0n) is 17.4. The van der Waals surface area contributed by atoms with E-state index in [2.05, 4.69) is 20.5 Å². The van der Waals surface area contributed by atoms with E-state index >= 15 is 0 Å². The molecule has 32 heavy (non-hydrogen) atoms. The van der Waals surface area contributed by atoms with Gasteiger partial charge >= 0.3 is 0 Å². The number of para-hydroxylation sites is 1. The van der Waals surface area contributed by atoms with E-state index in [4.69, 9.17) is 36.9 Å². The van der Waals surface area contributed by atoms with Crippen molar-refractivity contribution in [2.24, 2.45) is 0 Å². The molecule has 0 spiro atoms. The molecule has 1 saturated heterocycles. The van der Waals surface area contributed by atoms with Gasteiger partial charge in [-0.15, -0.1) is 0 Å². The third-order valence-electron chi connectivity index (χ3n) is 5.65. The average Bonchev–Trinajstić information content (AvgIpc) is 3.14. The number of aromatic nitrogens is 3. The number of benzene rings is 2. The van der Waals surface area contributed by atoms with Crippen molar-refractivity contribution in [2.45, 2.75) is 6.92 Å². The first kappa shape index (κ1) is 20.4. The van der Waals surface area contributed by atoms with Crippen LogP contribution in [0.15, 0.2) is 42.6 Å². The van der Waals surface area contributed by atoms with Crippen LogP contribution in [0, 0.1) is 17.7 Å². The summed E-state index contributed by atoms with van der Waals surface area (Å²) in [5.41, 5.74) is 4.59. The number of halogens is 1. The lowest BCUT2D eigenvalue weighted by molar-refractivity contribution is 0.122. The molecule has 0 atom stereocenters. The summed E-state index contributed by atoms with van der Waals surface area (Å²) in [5.74, 6) is 0.642. The number of hydrogen-bond donors (Lipinski definition) is 2. The number of fused-ring (bicyclic) bond motifs is 2. The van der Waals surface area contributed by atoms with Gasteiger partial charge in [-0.2, -0.15) is 0 Å². The Bertz CT molecular complexity index is 1360. The predicted octanol–water partition coefficient (Wildman–Crippen LogP) is 4.32. The Morgan fingerprint density at radius 1 is 1.19 bits per heavy atom. The maximum Gasteiger partial charge on any atom is 0.222 e. The summed E-state index contributed by atoms with van der Waals surface area (Å²) in [6.45, 7) is 4.73. The Morgan fingerprint density at radius 3 is 2.78 bits per heavy atom. The molecule has 2 aromatic carbocycles. The minimum Gasteiger partial charge on any atom is -0.428 e. The van der Waals surface area contributed by atoms with Gasteiger partial charge in [0.05, 0.1) is 40.5 Å². The van der Waals surface area contributed by atoms with Gasteiger partial charge < -0.3 is 14.4 Å². The highest BCUT2D eigenvalue weighted by Crippen LogP contribution is 2.33. The number of anilines is 1. The lowest BCUT2D eigenvalue weighted by atomic mass is 10.1. The van der Waals surface area contributed by atoms with Gasteiger partial charge in [-0.05, 0) is 31.2 Å². The van der Waals surface area contributed by atoms with Gasteiger partial charge in [-0.3, -0.25) is 20.4 Å². The minimum atomic E-state index is -0.118. The van der Waals surface area contributed by atoms with Gasteiger partial charge in [0.15, 0.2) is 6.40 Å². The number of rotatable bonds is 4. The van der Waals surface area contributed by atoms with E-state index in [0.29, 0.717) is 29.3 Å². The molecular formula is C23H21ClN6O2. The largest absolute Gasteiger partial charge is 0.428 e. The summed E-state index contributed by atoms with van der Waals surface area (Å²) in [5, 5.41) is 17.1. The molecule has 1 aliphatic rings. The fraction of sp³-hybridized carbons (Fsp3) is 0.217. The van der Waals surface area contributed by atoms with Crippen LogP contribution in [-0.2, 0) is 9.47 Å². The highest BCUT2D eigenvalue weighted by Gasteiger charge is 2.22. The van der Waals surface area contributed by atoms with Gasteiger partial charge in [0.1, 0.15) is 11.3 Å². The molecular weight excluding hydrogens is 428 g/mol. The van der Waals surface area contributed by atoms with Crippen molar-refractivity contribution in [3.05, 3.63) is 59.0 Å². The number of pyridine rings is 1. The summed E-state index contributed by atoms with van der Waals surface area (Å²) in [4.78, 5) is 11.5. The number of morpholine rings is 1. The molecule has 162 valence electrons. The van der Waals surface area contributed by atoms with Crippen molar-refractivity contribution in [3.8, 4) is 5.69 Å². The molecule has 5 rings (SSSR count). The van der Waals surface area contributed by atoms with Crippen LogP contribution in [0.1, 0.15) is 11.4 Å². The van der Waals surface area contributed by atoms with E-state index in [-0.39, 0.29) is 5.90 Å². The highest BCUT2D eigenvalue weighted by molar-refractivity contribution is 6.35. The molecule has 0 unspecified atom stereocenters. The van der Waals surface area contributed by atoms with E-state index in [0.717, 1.165) is 53.1 Å². The van der Waals surface area contributed by atoms with Crippen molar-refractivity contribution < 1.29 is 9.47 Å². The lowest BCUT2D eigenvalue weighted by Gasteiger charge is -2.29. The number of ether oxygens (including phenoxy) is 2. The number of nitrogens with one attached hydrogen (secondary N) is 2.